The second-order valence-corrected chi connectivity index (χ2v) is 3.40. The molecule has 0 atom stereocenters. The van der Waals surface area contributed by atoms with E-state index in [-0.39, 0.29) is 0 Å². The van der Waals surface area contributed by atoms with Gasteiger partial charge in [-0.2, -0.15) is 0 Å². The van der Waals surface area contributed by atoms with E-state index in [9.17, 15) is 9.59 Å². The Hall–Kier alpha value is -2.42. The SMILES string of the molecule is CC(=O)Oc1ccccc1C=O.c1ccccc1. The fourth-order valence-electron chi connectivity index (χ4n) is 1.21. The normalized spacial score (nSPS) is 8.72. The van der Waals surface area contributed by atoms with Gasteiger partial charge in [0.1, 0.15) is 5.75 Å². The summed E-state index contributed by atoms with van der Waals surface area (Å²) in [5.74, 6) is -0.121. The second-order valence-electron chi connectivity index (χ2n) is 3.40. The maximum Gasteiger partial charge on any atom is 0.308 e. The Kier molecular flexibility index (Phi) is 5.90. The molecule has 0 spiro atoms. The van der Waals surface area contributed by atoms with Crippen molar-refractivity contribution in [3.05, 3.63) is 66.2 Å². The van der Waals surface area contributed by atoms with Crippen LogP contribution >= 0.6 is 0 Å². The maximum absolute atomic E-state index is 10.5. The predicted octanol–water partition coefficient (Wildman–Crippen LogP) is 3.11. The summed E-state index contributed by atoms with van der Waals surface area (Å²) in [5, 5.41) is 0. The first-order valence-corrected chi connectivity index (χ1v) is 5.46. The molecule has 0 saturated carbocycles. The summed E-state index contributed by atoms with van der Waals surface area (Å²) in [4.78, 5) is 21.0. The number of benzene rings is 2. The van der Waals surface area contributed by atoms with Gasteiger partial charge in [0.25, 0.3) is 0 Å². The minimum Gasteiger partial charge on any atom is -0.426 e. The van der Waals surface area contributed by atoms with Crippen LogP contribution in [0.25, 0.3) is 0 Å². The number of hydrogen-bond acceptors (Lipinski definition) is 3. The predicted molar refractivity (Wildman–Crippen MR) is 69.6 cm³/mol. The lowest BCUT2D eigenvalue weighted by molar-refractivity contribution is -0.131. The summed E-state index contributed by atoms with van der Waals surface area (Å²) in [7, 11) is 0. The van der Waals surface area contributed by atoms with Crippen LogP contribution in [0, 0.1) is 0 Å². The van der Waals surface area contributed by atoms with Crippen molar-refractivity contribution in [1.82, 2.24) is 0 Å². The number of carbonyl (C=O) groups excluding carboxylic acids is 2. The summed E-state index contributed by atoms with van der Waals surface area (Å²) in [6.07, 6.45) is 0.651. The molecule has 0 bridgehead atoms. The molecule has 0 radical (unpaired) electrons. The average Bonchev–Trinajstić information content (AvgIpc) is 2.41. The topological polar surface area (TPSA) is 43.4 Å². The number of aldehydes is 1. The standard InChI is InChI=1S/C9H8O3.C6H6/c1-7(11)12-9-5-3-2-4-8(9)6-10;1-2-4-6-5-3-1/h2-6H,1H3;1-6H. The van der Waals surface area contributed by atoms with Crippen molar-refractivity contribution in [3.63, 3.8) is 0 Å². The molecule has 0 N–H and O–H groups in total. The molecule has 0 aromatic heterocycles. The zero-order valence-corrected chi connectivity index (χ0v) is 10.1. The number of ether oxygens (including phenoxy) is 1. The van der Waals surface area contributed by atoms with Gasteiger partial charge < -0.3 is 4.74 Å². The largest absolute Gasteiger partial charge is 0.426 e. The molecule has 2 aromatic carbocycles. The van der Waals surface area contributed by atoms with Crippen LogP contribution in [-0.2, 0) is 4.79 Å². The minimum absolute atomic E-state index is 0.306. The summed E-state index contributed by atoms with van der Waals surface area (Å²) in [6.45, 7) is 1.29. The van der Waals surface area contributed by atoms with Gasteiger partial charge in [0, 0.05) is 6.92 Å². The molecule has 18 heavy (non-hydrogen) atoms. The van der Waals surface area contributed by atoms with Crippen molar-refractivity contribution >= 4 is 12.3 Å². The van der Waals surface area contributed by atoms with E-state index < -0.39 is 5.97 Å². The van der Waals surface area contributed by atoms with Crippen LogP contribution in [0.15, 0.2) is 60.7 Å². The lowest BCUT2D eigenvalue weighted by Crippen LogP contribution is -2.03. The summed E-state index contributed by atoms with van der Waals surface area (Å²) in [5.41, 5.74) is 0.382. The molecule has 2 aromatic rings. The van der Waals surface area contributed by atoms with E-state index in [1.54, 1.807) is 24.3 Å². The van der Waals surface area contributed by atoms with Crippen LogP contribution in [0.2, 0.25) is 0 Å². The number of para-hydroxylation sites is 1. The van der Waals surface area contributed by atoms with E-state index >= 15 is 0 Å². The van der Waals surface area contributed by atoms with Gasteiger partial charge in [0.2, 0.25) is 0 Å². The zero-order chi connectivity index (χ0) is 13.2. The first-order valence-electron chi connectivity index (χ1n) is 5.46. The summed E-state index contributed by atoms with van der Waals surface area (Å²) < 4.78 is 4.77. The van der Waals surface area contributed by atoms with E-state index in [2.05, 4.69) is 0 Å². The second kappa shape index (κ2) is 7.79. The van der Waals surface area contributed by atoms with Gasteiger partial charge in [-0.3, -0.25) is 9.59 Å². The van der Waals surface area contributed by atoms with Crippen molar-refractivity contribution in [2.24, 2.45) is 0 Å². The van der Waals surface area contributed by atoms with Crippen LogP contribution in [0.1, 0.15) is 17.3 Å². The van der Waals surface area contributed by atoms with Crippen molar-refractivity contribution in [2.75, 3.05) is 0 Å². The molecule has 0 heterocycles. The molecule has 2 rings (SSSR count). The van der Waals surface area contributed by atoms with E-state index in [1.807, 2.05) is 36.4 Å². The molecular formula is C15H14O3. The highest BCUT2D eigenvalue weighted by Gasteiger charge is 2.02. The fraction of sp³-hybridized carbons (Fsp3) is 0.0667. The Morgan fingerprint density at radius 3 is 1.89 bits per heavy atom. The van der Waals surface area contributed by atoms with Crippen molar-refractivity contribution in [1.29, 1.82) is 0 Å². The molecule has 0 aliphatic rings. The van der Waals surface area contributed by atoms with E-state index in [0.717, 1.165) is 0 Å². The van der Waals surface area contributed by atoms with Crippen LogP contribution in [0.3, 0.4) is 0 Å². The van der Waals surface area contributed by atoms with Gasteiger partial charge in [-0.25, -0.2) is 0 Å². The Labute approximate surface area is 106 Å². The van der Waals surface area contributed by atoms with Crippen molar-refractivity contribution < 1.29 is 14.3 Å². The molecule has 3 heteroatoms. The van der Waals surface area contributed by atoms with Crippen molar-refractivity contribution in [3.8, 4) is 5.75 Å². The first-order chi connectivity index (χ1) is 8.74. The lowest BCUT2D eigenvalue weighted by atomic mass is 10.2. The zero-order valence-electron chi connectivity index (χ0n) is 10.1. The Morgan fingerprint density at radius 2 is 1.44 bits per heavy atom. The fourth-order valence-corrected chi connectivity index (χ4v) is 1.21. The molecule has 0 saturated heterocycles. The molecule has 92 valence electrons. The van der Waals surface area contributed by atoms with E-state index in [1.165, 1.54) is 6.92 Å². The molecule has 0 aliphatic carbocycles. The van der Waals surface area contributed by atoms with Crippen LogP contribution in [0.4, 0.5) is 0 Å². The summed E-state index contributed by atoms with van der Waals surface area (Å²) in [6, 6.07) is 18.6. The van der Waals surface area contributed by atoms with Crippen molar-refractivity contribution in [2.45, 2.75) is 6.92 Å². The number of esters is 1. The Morgan fingerprint density at radius 1 is 0.944 bits per heavy atom. The van der Waals surface area contributed by atoms with Gasteiger partial charge >= 0.3 is 5.97 Å². The third kappa shape index (κ3) is 5.07. The van der Waals surface area contributed by atoms with Gasteiger partial charge in [-0.15, -0.1) is 0 Å². The number of rotatable bonds is 2. The van der Waals surface area contributed by atoms with Crippen LogP contribution in [0.5, 0.6) is 5.75 Å². The monoisotopic (exact) mass is 242 g/mol. The molecule has 0 amide bonds. The minimum atomic E-state index is -0.427. The highest BCUT2D eigenvalue weighted by Crippen LogP contribution is 2.15. The van der Waals surface area contributed by atoms with Crippen LogP contribution in [-0.4, -0.2) is 12.3 Å². The van der Waals surface area contributed by atoms with E-state index in [4.69, 9.17) is 4.74 Å². The van der Waals surface area contributed by atoms with Crippen LogP contribution < -0.4 is 4.74 Å². The quantitative estimate of drug-likeness (QED) is 0.461. The maximum atomic E-state index is 10.5. The molecule has 0 unspecified atom stereocenters. The number of carbonyl (C=O) groups is 2. The molecule has 0 fully saturated rings. The van der Waals surface area contributed by atoms with Gasteiger partial charge in [0.05, 0.1) is 5.56 Å². The molecule has 0 aliphatic heterocycles. The highest BCUT2D eigenvalue weighted by atomic mass is 16.5. The molecular weight excluding hydrogens is 228 g/mol. The third-order valence-electron chi connectivity index (χ3n) is 1.97. The number of hydrogen-bond donors (Lipinski definition) is 0. The average molecular weight is 242 g/mol. The first kappa shape index (κ1) is 13.6. The van der Waals surface area contributed by atoms with E-state index in [0.29, 0.717) is 17.6 Å². The lowest BCUT2D eigenvalue weighted by Gasteiger charge is -2.01. The summed E-state index contributed by atoms with van der Waals surface area (Å²) >= 11 is 0. The smallest absolute Gasteiger partial charge is 0.308 e. The van der Waals surface area contributed by atoms with Gasteiger partial charge in [-0.1, -0.05) is 48.5 Å². The van der Waals surface area contributed by atoms with Gasteiger partial charge in [0.15, 0.2) is 6.29 Å². The van der Waals surface area contributed by atoms with Gasteiger partial charge in [-0.05, 0) is 12.1 Å². The highest BCUT2D eigenvalue weighted by molar-refractivity contribution is 5.81. The Bertz CT molecular complexity index is 465. The molecule has 3 nitrogen and oxygen atoms in total. The Balaban J connectivity index is 0.000000225. The third-order valence-corrected chi connectivity index (χ3v) is 1.97.